The van der Waals surface area contributed by atoms with Crippen LogP contribution in [-0.4, -0.2) is 61.4 Å². The van der Waals surface area contributed by atoms with Gasteiger partial charge in [-0.25, -0.2) is 19.7 Å². The Hall–Kier alpha value is -3.44. The third-order valence-electron chi connectivity index (χ3n) is 7.30. The molecule has 2 fully saturated rings. The summed E-state index contributed by atoms with van der Waals surface area (Å²) < 4.78 is 7.20. The van der Waals surface area contributed by atoms with E-state index in [0.29, 0.717) is 53.8 Å². The van der Waals surface area contributed by atoms with Crippen molar-refractivity contribution in [2.75, 3.05) is 23.3 Å². The van der Waals surface area contributed by atoms with Crippen LogP contribution in [0.5, 0.6) is 0 Å². The van der Waals surface area contributed by atoms with Crippen LogP contribution in [0.15, 0.2) is 24.8 Å². The molecule has 1 saturated heterocycles. The minimum atomic E-state index is -0.784. The SMILES string of the molecule is CC(O)c1cc(Cl)cc(N2CC[C@](C)(C(=O)NC3CC3)C2)c1Cn1cnc2c(NC(=O)OC(C)(C)C)ncnc21. The zero-order valence-corrected chi connectivity index (χ0v) is 24.2. The molecule has 5 rings (SSSR count). The van der Waals surface area contributed by atoms with Gasteiger partial charge in [0.25, 0.3) is 0 Å². The number of amides is 2. The van der Waals surface area contributed by atoms with Gasteiger partial charge in [-0.15, -0.1) is 0 Å². The number of benzene rings is 1. The average molecular weight is 570 g/mol. The largest absolute Gasteiger partial charge is 0.444 e. The second-order valence-electron chi connectivity index (χ2n) is 12.0. The van der Waals surface area contributed by atoms with Crippen LogP contribution < -0.4 is 15.5 Å². The molecule has 2 aromatic heterocycles. The number of imidazole rings is 1. The van der Waals surface area contributed by atoms with E-state index in [1.54, 1.807) is 40.1 Å². The van der Waals surface area contributed by atoms with Crippen molar-refractivity contribution in [2.24, 2.45) is 5.41 Å². The molecule has 1 aliphatic heterocycles. The third-order valence-corrected chi connectivity index (χ3v) is 7.52. The monoisotopic (exact) mass is 569 g/mol. The molecule has 12 heteroatoms. The van der Waals surface area contributed by atoms with Crippen LogP contribution in [0.1, 0.15) is 71.1 Å². The molecule has 40 heavy (non-hydrogen) atoms. The summed E-state index contributed by atoms with van der Waals surface area (Å²) in [4.78, 5) is 40.7. The topological polar surface area (TPSA) is 134 Å². The van der Waals surface area contributed by atoms with E-state index in [1.165, 1.54) is 6.33 Å². The highest BCUT2D eigenvalue weighted by Gasteiger charge is 2.43. The first-order valence-electron chi connectivity index (χ1n) is 13.5. The molecule has 2 amide bonds. The van der Waals surface area contributed by atoms with E-state index in [-0.39, 0.29) is 11.7 Å². The number of carbonyl (C=O) groups excluding carboxylic acids is 2. The summed E-state index contributed by atoms with van der Waals surface area (Å²) in [7, 11) is 0. The maximum absolute atomic E-state index is 13.0. The number of aromatic nitrogens is 4. The number of aliphatic hydroxyl groups excluding tert-OH is 1. The summed E-state index contributed by atoms with van der Waals surface area (Å²) in [5.41, 5.74) is 2.12. The van der Waals surface area contributed by atoms with Crippen LogP contribution in [0.25, 0.3) is 11.2 Å². The van der Waals surface area contributed by atoms with Gasteiger partial charge < -0.3 is 24.6 Å². The van der Waals surface area contributed by atoms with E-state index in [1.807, 2.05) is 17.6 Å². The molecule has 0 radical (unpaired) electrons. The van der Waals surface area contributed by atoms with E-state index < -0.39 is 23.2 Å². The van der Waals surface area contributed by atoms with Crippen LogP contribution in [0.3, 0.4) is 0 Å². The number of ether oxygens (including phenoxy) is 1. The molecule has 1 saturated carbocycles. The Morgan fingerprint density at radius 3 is 2.67 bits per heavy atom. The van der Waals surface area contributed by atoms with Gasteiger partial charge in [-0.3, -0.25) is 10.1 Å². The molecule has 1 aliphatic carbocycles. The Balaban J connectivity index is 1.47. The maximum atomic E-state index is 13.0. The summed E-state index contributed by atoms with van der Waals surface area (Å²) in [6.07, 6.45) is 4.35. The van der Waals surface area contributed by atoms with Crippen LogP contribution in [0.2, 0.25) is 5.02 Å². The van der Waals surface area contributed by atoms with Gasteiger partial charge in [0.15, 0.2) is 17.0 Å². The van der Waals surface area contributed by atoms with Crippen molar-refractivity contribution in [1.82, 2.24) is 24.8 Å². The molecule has 3 heterocycles. The lowest BCUT2D eigenvalue weighted by molar-refractivity contribution is -0.129. The highest BCUT2D eigenvalue weighted by atomic mass is 35.5. The second-order valence-corrected chi connectivity index (χ2v) is 12.5. The second kappa shape index (κ2) is 10.5. The van der Waals surface area contributed by atoms with Crippen molar-refractivity contribution >= 4 is 46.3 Å². The molecule has 3 N–H and O–H groups in total. The summed E-state index contributed by atoms with van der Waals surface area (Å²) in [6, 6.07) is 3.95. The lowest BCUT2D eigenvalue weighted by atomic mass is 9.88. The third kappa shape index (κ3) is 6.00. The number of nitrogens with one attached hydrogen (secondary N) is 2. The average Bonchev–Trinajstić information content (AvgIpc) is 3.43. The van der Waals surface area contributed by atoms with Crippen LogP contribution in [0.4, 0.5) is 16.3 Å². The Bertz CT molecular complexity index is 1450. The minimum Gasteiger partial charge on any atom is -0.444 e. The summed E-state index contributed by atoms with van der Waals surface area (Å²) in [5.74, 6) is 0.321. The fourth-order valence-corrected chi connectivity index (χ4v) is 5.29. The number of hydrogen-bond acceptors (Lipinski definition) is 8. The van der Waals surface area contributed by atoms with Crippen molar-refractivity contribution in [3.8, 4) is 0 Å². The van der Waals surface area contributed by atoms with Crippen LogP contribution in [-0.2, 0) is 16.1 Å². The fourth-order valence-electron chi connectivity index (χ4n) is 5.07. The highest BCUT2D eigenvalue weighted by molar-refractivity contribution is 6.31. The lowest BCUT2D eigenvalue weighted by Crippen LogP contribution is -2.42. The molecule has 214 valence electrons. The predicted molar refractivity (Wildman–Crippen MR) is 152 cm³/mol. The molecular formula is C28H36ClN7O4. The first-order chi connectivity index (χ1) is 18.8. The smallest absolute Gasteiger partial charge is 0.413 e. The number of carbonyl (C=O) groups is 2. The number of hydrogen-bond donors (Lipinski definition) is 3. The number of halogens is 1. The van der Waals surface area contributed by atoms with Crippen molar-refractivity contribution in [3.63, 3.8) is 0 Å². The normalized spacial score (nSPS) is 20.0. The zero-order chi connectivity index (χ0) is 28.8. The Labute approximate surface area is 238 Å². The van der Waals surface area contributed by atoms with Gasteiger partial charge in [0.1, 0.15) is 11.9 Å². The number of nitrogens with zero attached hydrogens (tertiary/aromatic N) is 5. The molecule has 2 atom stereocenters. The predicted octanol–water partition coefficient (Wildman–Crippen LogP) is 4.42. The molecule has 1 unspecified atom stereocenters. The minimum absolute atomic E-state index is 0.0825. The first-order valence-corrected chi connectivity index (χ1v) is 13.9. The molecular weight excluding hydrogens is 534 g/mol. The molecule has 0 spiro atoms. The molecule has 2 aliphatic rings. The van der Waals surface area contributed by atoms with E-state index in [2.05, 4.69) is 30.5 Å². The molecule has 1 aromatic carbocycles. The Morgan fingerprint density at radius 1 is 1.25 bits per heavy atom. The highest BCUT2D eigenvalue weighted by Crippen LogP contribution is 2.40. The lowest BCUT2D eigenvalue weighted by Gasteiger charge is -2.28. The van der Waals surface area contributed by atoms with Crippen molar-refractivity contribution in [2.45, 2.75) is 78.2 Å². The van der Waals surface area contributed by atoms with Gasteiger partial charge in [0, 0.05) is 35.4 Å². The first kappa shape index (κ1) is 28.1. The number of anilines is 2. The molecule has 11 nitrogen and oxygen atoms in total. The van der Waals surface area contributed by atoms with Gasteiger partial charge >= 0.3 is 6.09 Å². The maximum Gasteiger partial charge on any atom is 0.413 e. The standard InChI is InChI=1S/C28H36ClN7O4/c1-16(37)19-10-17(29)11-21(35-9-8-28(5,13-35)25(38)33-18-6-7-18)20(19)12-36-15-32-22-23(30-14-31-24(22)36)34-26(39)40-27(2,3)4/h10-11,14-16,18,37H,6-9,12-13H2,1-5H3,(H,33,38)(H,30,31,34,39)/t16?,28-/m0/s1. The number of fused-ring (bicyclic) bond motifs is 1. The summed E-state index contributed by atoms with van der Waals surface area (Å²) >= 11 is 6.54. The Kier molecular flexibility index (Phi) is 7.39. The van der Waals surface area contributed by atoms with Crippen molar-refractivity contribution in [3.05, 3.63) is 40.9 Å². The summed E-state index contributed by atoms with van der Waals surface area (Å²) in [5, 5.41) is 17.0. The van der Waals surface area contributed by atoms with Crippen LogP contribution >= 0.6 is 11.6 Å². The molecule has 0 bridgehead atoms. The van der Waals surface area contributed by atoms with Crippen molar-refractivity contribution < 1.29 is 19.4 Å². The molecule has 3 aromatic rings. The number of aliphatic hydroxyl groups is 1. The van der Waals surface area contributed by atoms with Gasteiger partial charge in [-0.2, -0.15) is 0 Å². The van der Waals surface area contributed by atoms with E-state index in [9.17, 15) is 14.7 Å². The fraction of sp³-hybridized carbons (Fsp3) is 0.536. The van der Waals surface area contributed by atoms with Gasteiger partial charge in [-0.1, -0.05) is 11.6 Å². The zero-order valence-electron chi connectivity index (χ0n) is 23.5. The van der Waals surface area contributed by atoms with E-state index in [4.69, 9.17) is 16.3 Å². The van der Waals surface area contributed by atoms with Crippen LogP contribution in [0, 0.1) is 5.41 Å². The van der Waals surface area contributed by atoms with Gasteiger partial charge in [0.2, 0.25) is 5.91 Å². The summed E-state index contributed by atoms with van der Waals surface area (Å²) in [6.45, 7) is 10.6. The van der Waals surface area contributed by atoms with Crippen molar-refractivity contribution in [1.29, 1.82) is 0 Å². The Morgan fingerprint density at radius 2 is 2.00 bits per heavy atom. The van der Waals surface area contributed by atoms with E-state index >= 15 is 0 Å². The van der Waals surface area contributed by atoms with Gasteiger partial charge in [-0.05, 0) is 71.6 Å². The van der Waals surface area contributed by atoms with E-state index in [0.717, 1.165) is 24.1 Å². The van der Waals surface area contributed by atoms with Gasteiger partial charge in [0.05, 0.1) is 24.4 Å². The number of rotatable bonds is 7. The quantitative estimate of drug-likeness (QED) is 0.380.